The Labute approximate surface area is 187 Å². The summed E-state index contributed by atoms with van der Waals surface area (Å²) >= 11 is 0. The van der Waals surface area contributed by atoms with Crippen molar-refractivity contribution in [1.82, 2.24) is 9.88 Å². The molecule has 32 heavy (non-hydrogen) atoms. The normalized spacial score (nSPS) is 19.3. The van der Waals surface area contributed by atoms with E-state index in [2.05, 4.69) is 22.9 Å². The highest BCUT2D eigenvalue weighted by atomic mass is 16.5. The molecular formula is C26H30N2O4. The summed E-state index contributed by atoms with van der Waals surface area (Å²) in [6, 6.07) is 11.0. The number of nitrogens with zero attached hydrogens (tertiary/aromatic N) is 1. The summed E-state index contributed by atoms with van der Waals surface area (Å²) in [4.78, 5) is 29.8. The van der Waals surface area contributed by atoms with Gasteiger partial charge in [-0.05, 0) is 68.0 Å². The molecule has 0 unspecified atom stereocenters. The molecule has 6 heteroatoms. The van der Waals surface area contributed by atoms with E-state index in [1.807, 2.05) is 26.0 Å². The van der Waals surface area contributed by atoms with Crippen LogP contribution in [0.5, 0.6) is 0 Å². The number of aryl methyl sites for hydroxylation is 2. The molecule has 4 rings (SSSR count). The molecular weight excluding hydrogens is 404 g/mol. The van der Waals surface area contributed by atoms with Gasteiger partial charge in [0.2, 0.25) is 0 Å². The van der Waals surface area contributed by atoms with Gasteiger partial charge in [0.15, 0.2) is 5.43 Å². The Morgan fingerprint density at radius 2 is 1.94 bits per heavy atom. The molecule has 0 radical (unpaired) electrons. The third kappa shape index (κ3) is 4.33. The number of ether oxygens (including phenoxy) is 1. The minimum Gasteiger partial charge on any atom is -0.478 e. The Balaban J connectivity index is 1.73. The summed E-state index contributed by atoms with van der Waals surface area (Å²) in [5, 5.41) is 10.0. The third-order valence-corrected chi connectivity index (χ3v) is 6.54. The fraction of sp³-hybridized carbons (Fsp3) is 0.385. The van der Waals surface area contributed by atoms with Crippen LogP contribution in [0.15, 0.2) is 47.4 Å². The van der Waals surface area contributed by atoms with Crippen LogP contribution in [-0.4, -0.2) is 40.2 Å². The second-order valence-electron chi connectivity index (χ2n) is 8.60. The van der Waals surface area contributed by atoms with Gasteiger partial charge in [-0.3, -0.25) is 9.69 Å². The molecule has 1 aliphatic heterocycles. The van der Waals surface area contributed by atoms with Gasteiger partial charge in [0.1, 0.15) is 0 Å². The Bertz CT molecular complexity index is 1180. The molecule has 1 aliphatic rings. The van der Waals surface area contributed by atoms with Crippen LogP contribution in [0.4, 0.5) is 0 Å². The molecule has 1 saturated heterocycles. The van der Waals surface area contributed by atoms with E-state index < -0.39 is 5.97 Å². The summed E-state index contributed by atoms with van der Waals surface area (Å²) in [5.74, 6) is -0.926. The number of hydrogen-bond acceptors (Lipinski definition) is 4. The van der Waals surface area contributed by atoms with E-state index >= 15 is 0 Å². The first-order valence-corrected chi connectivity index (χ1v) is 11.2. The average Bonchev–Trinajstić information content (AvgIpc) is 2.78. The first-order chi connectivity index (χ1) is 15.4. The van der Waals surface area contributed by atoms with Crippen LogP contribution in [0.2, 0.25) is 0 Å². The maximum Gasteiger partial charge on any atom is 0.335 e. The maximum atomic E-state index is 12.8. The molecule has 6 nitrogen and oxygen atoms in total. The van der Waals surface area contributed by atoms with Crippen molar-refractivity contribution in [3.63, 3.8) is 0 Å². The molecule has 1 aromatic heterocycles. The van der Waals surface area contributed by atoms with Crippen LogP contribution in [0.25, 0.3) is 10.9 Å². The number of carbonyl (C=O) groups is 1. The highest BCUT2D eigenvalue weighted by molar-refractivity contribution is 5.87. The van der Waals surface area contributed by atoms with Crippen LogP contribution in [0.1, 0.15) is 58.4 Å². The lowest BCUT2D eigenvalue weighted by Crippen LogP contribution is -2.39. The fourth-order valence-corrected chi connectivity index (χ4v) is 4.93. The van der Waals surface area contributed by atoms with E-state index in [9.17, 15) is 14.7 Å². The van der Waals surface area contributed by atoms with Crippen LogP contribution in [0.3, 0.4) is 0 Å². The lowest BCUT2D eigenvalue weighted by Gasteiger charge is -2.40. The number of aromatic nitrogens is 1. The van der Waals surface area contributed by atoms with Crippen LogP contribution in [0, 0.1) is 13.8 Å². The number of aromatic carboxylic acids is 1. The number of likely N-dealkylation sites (tertiary alicyclic amines) is 1. The van der Waals surface area contributed by atoms with Crippen molar-refractivity contribution < 1.29 is 14.6 Å². The number of fused-ring (bicyclic) bond motifs is 1. The van der Waals surface area contributed by atoms with E-state index in [1.165, 1.54) is 0 Å². The largest absolute Gasteiger partial charge is 0.478 e. The number of nitrogens with one attached hydrogen (secondary N) is 1. The van der Waals surface area contributed by atoms with Gasteiger partial charge in [-0.1, -0.05) is 18.2 Å². The Kier molecular flexibility index (Phi) is 6.44. The Morgan fingerprint density at radius 1 is 1.19 bits per heavy atom. The van der Waals surface area contributed by atoms with Crippen molar-refractivity contribution in [3.8, 4) is 0 Å². The number of rotatable bonds is 6. The molecule has 0 bridgehead atoms. The minimum absolute atomic E-state index is 0.0344. The SMILES string of the molecule is CCO[C@H]1CCN(Cc2c(C)cc(C)c3[nH]ccc(=O)c23)[C@H](c2ccc(C(=O)O)cc2)C1. The van der Waals surface area contributed by atoms with Crippen LogP contribution in [-0.2, 0) is 11.3 Å². The molecule has 3 aromatic rings. The topological polar surface area (TPSA) is 82.6 Å². The maximum absolute atomic E-state index is 12.8. The predicted molar refractivity (Wildman–Crippen MR) is 125 cm³/mol. The molecule has 0 spiro atoms. The summed E-state index contributed by atoms with van der Waals surface area (Å²) in [5.41, 5.74) is 5.51. The number of aromatic amines is 1. The smallest absolute Gasteiger partial charge is 0.335 e. The highest BCUT2D eigenvalue weighted by Crippen LogP contribution is 2.35. The van der Waals surface area contributed by atoms with E-state index in [0.717, 1.165) is 52.5 Å². The van der Waals surface area contributed by atoms with Crippen molar-refractivity contribution >= 4 is 16.9 Å². The second-order valence-corrected chi connectivity index (χ2v) is 8.60. The minimum atomic E-state index is -0.926. The zero-order valence-electron chi connectivity index (χ0n) is 18.9. The fourth-order valence-electron chi connectivity index (χ4n) is 4.93. The molecule has 1 fully saturated rings. The van der Waals surface area contributed by atoms with Gasteiger partial charge in [-0.25, -0.2) is 4.79 Å². The molecule has 2 N–H and O–H groups in total. The van der Waals surface area contributed by atoms with Gasteiger partial charge in [0.25, 0.3) is 0 Å². The number of benzene rings is 2. The van der Waals surface area contributed by atoms with Gasteiger partial charge in [0.05, 0.1) is 22.6 Å². The Morgan fingerprint density at radius 3 is 2.62 bits per heavy atom. The number of piperidine rings is 1. The number of hydrogen-bond donors (Lipinski definition) is 2. The number of pyridine rings is 1. The lowest BCUT2D eigenvalue weighted by atomic mass is 9.91. The zero-order chi connectivity index (χ0) is 22.8. The van der Waals surface area contributed by atoms with Gasteiger partial charge in [0, 0.05) is 38.0 Å². The second kappa shape index (κ2) is 9.27. The van der Waals surface area contributed by atoms with Crippen LogP contribution < -0.4 is 5.43 Å². The first-order valence-electron chi connectivity index (χ1n) is 11.2. The van der Waals surface area contributed by atoms with Gasteiger partial charge in [-0.2, -0.15) is 0 Å². The van der Waals surface area contributed by atoms with E-state index in [0.29, 0.717) is 13.2 Å². The number of carboxylic acid groups (broad SMARTS) is 1. The molecule has 2 heterocycles. The van der Waals surface area contributed by atoms with E-state index in [4.69, 9.17) is 4.74 Å². The van der Waals surface area contributed by atoms with Gasteiger partial charge in [-0.15, -0.1) is 0 Å². The van der Waals surface area contributed by atoms with Crippen molar-refractivity contribution in [1.29, 1.82) is 0 Å². The summed E-state index contributed by atoms with van der Waals surface area (Å²) in [6.45, 7) is 8.27. The highest BCUT2D eigenvalue weighted by Gasteiger charge is 2.31. The zero-order valence-corrected chi connectivity index (χ0v) is 18.9. The molecule has 0 aliphatic carbocycles. The molecule has 168 valence electrons. The quantitative estimate of drug-likeness (QED) is 0.593. The number of carboxylic acids is 1. The van der Waals surface area contributed by atoms with Crippen molar-refractivity contribution in [2.24, 2.45) is 0 Å². The standard InChI is InChI=1S/C26H30N2O4/c1-4-32-20-10-12-28(22(14-20)18-5-7-19(8-6-18)26(30)31)15-21-16(2)13-17(3)25-24(21)23(29)9-11-27-25/h5-9,11,13,20,22H,4,10,12,14-15H2,1-3H3,(H,27,29)(H,30,31)/t20-,22-/m0/s1. The predicted octanol–water partition coefficient (Wildman–Crippen LogP) is 4.59. The van der Waals surface area contributed by atoms with Gasteiger partial charge < -0.3 is 14.8 Å². The summed E-state index contributed by atoms with van der Waals surface area (Å²) in [6.07, 6.45) is 3.63. The number of H-pyrrole nitrogens is 1. The molecule has 0 amide bonds. The van der Waals surface area contributed by atoms with Gasteiger partial charge >= 0.3 is 5.97 Å². The summed E-state index contributed by atoms with van der Waals surface area (Å²) in [7, 11) is 0. The van der Waals surface area contributed by atoms with Crippen molar-refractivity contribution in [3.05, 3.63) is 80.6 Å². The first kappa shape index (κ1) is 22.2. The van der Waals surface area contributed by atoms with Crippen molar-refractivity contribution in [2.45, 2.75) is 52.3 Å². The lowest BCUT2D eigenvalue weighted by molar-refractivity contribution is -0.0137. The molecule has 2 atom stereocenters. The van der Waals surface area contributed by atoms with E-state index in [-0.39, 0.29) is 23.1 Å². The monoisotopic (exact) mass is 434 g/mol. The molecule has 2 aromatic carbocycles. The third-order valence-electron chi connectivity index (χ3n) is 6.54. The average molecular weight is 435 g/mol. The van der Waals surface area contributed by atoms with Crippen molar-refractivity contribution in [2.75, 3.05) is 13.2 Å². The Hall–Kier alpha value is -2.96. The molecule has 0 saturated carbocycles. The summed E-state index contributed by atoms with van der Waals surface area (Å²) < 4.78 is 5.95. The van der Waals surface area contributed by atoms with E-state index in [1.54, 1.807) is 24.4 Å². The van der Waals surface area contributed by atoms with Crippen LogP contribution >= 0.6 is 0 Å².